The van der Waals surface area contributed by atoms with Crippen molar-refractivity contribution in [2.24, 2.45) is 0 Å². The van der Waals surface area contributed by atoms with Crippen molar-refractivity contribution < 1.29 is 28.2 Å². The van der Waals surface area contributed by atoms with Crippen LogP contribution in [0.1, 0.15) is 42.6 Å². The zero-order valence-corrected chi connectivity index (χ0v) is 18.6. The van der Waals surface area contributed by atoms with Crippen molar-refractivity contribution >= 4 is 17.6 Å². The Balaban J connectivity index is 1.54. The smallest absolute Gasteiger partial charge is 0.374 e. The number of furan rings is 1. The van der Waals surface area contributed by atoms with Gasteiger partial charge in [-0.15, -0.1) is 0 Å². The number of amides is 1. The predicted octanol–water partition coefficient (Wildman–Crippen LogP) is 4.96. The molecule has 0 bridgehead atoms. The van der Waals surface area contributed by atoms with E-state index in [4.69, 9.17) is 18.6 Å². The van der Waals surface area contributed by atoms with Crippen LogP contribution in [-0.2, 0) is 21.6 Å². The molecule has 0 spiro atoms. The van der Waals surface area contributed by atoms with Crippen molar-refractivity contribution in [2.45, 2.75) is 32.8 Å². The van der Waals surface area contributed by atoms with Crippen molar-refractivity contribution in [1.29, 1.82) is 0 Å². The molecule has 2 aromatic carbocycles. The lowest BCUT2D eigenvalue weighted by Gasteiger charge is -2.21. The van der Waals surface area contributed by atoms with Crippen molar-refractivity contribution in [3.05, 3.63) is 77.7 Å². The first-order valence-electron chi connectivity index (χ1n) is 10.2. The third kappa shape index (κ3) is 6.14. The fraction of sp³-hybridized carbons (Fsp3) is 0.280. The first-order valence-corrected chi connectivity index (χ1v) is 10.2. The van der Waals surface area contributed by atoms with Crippen LogP contribution in [0.15, 0.2) is 65.1 Å². The quantitative estimate of drug-likeness (QED) is 0.501. The van der Waals surface area contributed by atoms with Crippen molar-refractivity contribution in [3.63, 3.8) is 0 Å². The normalized spacial score (nSPS) is 11.0. The van der Waals surface area contributed by atoms with Crippen LogP contribution in [0.5, 0.6) is 11.5 Å². The van der Waals surface area contributed by atoms with Gasteiger partial charge in [-0.1, -0.05) is 45.0 Å². The molecule has 1 N–H and O–H groups in total. The number of methoxy groups -OCH3 is 1. The second kappa shape index (κ2) is 10.0. The van der Waals surface area contributed by atoms with Crippen molar-refractivity contribution in [1.82, 2.24) is 0 Å². The Hall–Kier alpha value is -3.74. The van der Waals surface area contributed by atoms with Crippen LogP contribution in [-0.4, -0.2) is 25.6 Å². The van der Waals surface area contributed by atoms with Gasteiger partial charge >= 0.3 is 5.97 Å². The molecule has 0 atom stereocenters. The van der Waals surface area contributed by atoms with Gasteiger partial charge in [0.1, 0.15) is 23.9 Å². The number of hydrogen-bond acceptors (Lipinski definition) is 6. The Bertz CT molecular complexity index is 1070. The molecule has 1 aromatic heterocycles. The maximum atomic E-state index is 12.3. The second-order valence-electron chi connectivity index (χ2n) is 8.16. The van der Waals surface area contributed by atoms with Crippen LogP contribution >= 0.6 is 0 Å². The van der Waals surface area contributed by atoms with E-state index in [0.29, 0.717) is 22.9 Å². The highest BCUT2D eigenvalue weighted by Crippen LogP contribution is 2.31. The summed E-state index contributed by atoms with van der Waals surface area (Å²) in [6, 6.07) is 18.0. The zero-order chi connectivity index (χ0) is 23.1. The van der Waals surface area contributed by atoms with Gasteiger partial charge in [-0.05, 0) is 47.4 Å². The summed E-state index contributed by atoms with van der Waals surface area (Å²) in [6.45, 7) is 5.93. The van der Waals surface area contributed by atoms with Gasteiger partial charge in [0, 0.05) is 0 Å². The lowest BCUT2D eigenvalue weighted by Crippen LogP contribution is -2.21. The number of carbonyl (C=O) groups excluding carboxylic acids is 2. The van der Waals surface area contributed by atoms with E-state index in [1.165, 1.54) is 13.2 Å². The van der Waals surface area contributed by atoms with E-state index < -0.39 is 18.5 Å². The molecule has 0 radical (unpaired) electrons. The molecule has 7 heteroatoms. The van der Waals surface area contributed by atoms with E-state index in [1.54, 1.807) is 12.1 Å². The van der Waals surface area contributed by atoms with E-state index in [-0.39, 0.29) is 17.8 Å². The molecule has 0 aliphatic rings. The number of esters is 1. The van der Waals surface area contributed by atoms with Gasteiger partial charge in [0.25, 0.3) is 5.91 Å². The Morgan fingerprint density at radius 3 is 2.44 bits per heavy atom. The molecule has 3 aromatic rings. The fourth-order valence-corrected chi connectivity index (χ4v) is 2.90. The minimum absolute atomic E-state index is 0.00299. The van der Waals surface area contributed by atoms with Gasteiger partial charge < -0.3 is 23.9 Å². The van der Waals surface area contributed by atoms with Gasteiger partial charge in [0.05, 0.1) is 12.8 Å². The van der Waals surface area contributed by atoms with E-state index >= 15 is 0 Å². The largest absolute Gasteiger partial charge is 0.495 e. The molecule has 0 aliphatic carbocycles. The van der Waals surface area contributed by atoms with E-state index in [2.05, 4.69) is 26.1 Å². The van der Waals surface area contributed by atoms with E-state index in [1.807, 2.05) is 42.5 Å². The third-order valence-corrected chi connectivity index (χ3v) is 4.66. The minimum atomic E-state index is -0.735. The maximum Gasteiger partial charge on any atom is 0.374 e. The minimum Gasteiger partial charge on any atom is -0.495 e. The summed E-state index contributed by atoms with van der Waals surface area (Å²) in [7, 11) is 1.53. The van der Waals surface area contributed by atoms with Crippen LogP contribution in [0.3, 0.4) is 0 Å². The molecule has 1 heterocycles. The van der Waals surface area contributed by atoms with E-state index in [9.17, 15) is 9.59 Å². The van der Waals surface area contributed by atoms with Crippen LogP contribution in [0, 0.1) is 0 Å². The Morgan fingerprint density at radius 1 is 1.00 bits per heavy atom. The van der Waals surface area contributed by atoms with Gasteiger partial charge in [0.2, 0.25) is 5.76 Å². The van der Waals surface area contributed by atoms with Crippen LogP contribution in [0.4, 0.5) is 5.69 Å². The molecule has 0 unspecified atom stereocenters. The van der Waals surface area contributed by atoms with E-state index in [0.717, 1.165) is 5.56 Å². The van der Waals surface area contributed by atoms with Gasteiger partial charge in [0.15, 0.2) is 6.61 Å². The molecule has 0 saturated heterocycles. The maximum absolute atomic E-state index is 12.3. The highest BCUT2D eigenvalue weighted by atomic mass is 16.6. The Morgan fingerprint density at radius 2 is 1.75 bits per heavy atom. The predicted molar refractivity (Wildman–Crippen MR) is 120 cm³/mol. The number of carbonyl (C=O) groups is 2. The average molecular weight is 437 g/mol. The number of para-hydroxylation sites is 1. The number of nitrogens with one attached hydrogen (secondary N) is 1. The lowest BCUT2D eigenvalue weighted by atomic mass is 9.87. The fourth-order valence-electron chi connectivity index (χ4n) is 2.90. The van der Waals surface area contributed by atoms with Gasteiger partial charge in [-0.2, -0.15) is 0 Å². The summed E-state index contributed by atoms with van der Waals surface area (Å²) in [4.78, 5) is 24.6. The number of benzene rings is 2. The lowest BCUT2D eigenvalue weighted by molar-refractivity contribution is -0.119. The molecule has 32 heavy (non-hydrogen) atoms. The average Bonchev–Trinajstić information content (AvgIpc) is 3.25. The number of rotatable bonds is 8. The molecule has 0 saturated carbocycles. The van der Waals surface area contributed by atoms with Gasteiger partial charge in [-0.25, -0.2) is 4.79 Å². The monoisotopic (exact) mass is 437 g/mol. The number of anilines is 1. The highest BCUT2D eigenvalue weighted by molar-refractivity contribution is 5.95. The van der Waals surface area contributed by atoms with Crippen LogP contribution < -0.4 is 14.8 Å². The SMILES string of the molecule is COc1ccc(C(C)(C)C)cc1NC(=O)COC(=O)c1ccc(COc2ccccc2)o1. The standard InChI is InChI=1S/C25H27NO6/c1-25(2,3)17-10-12-21(29-4)20(14-17)26-23(27)16-31-24(28)22-13-11-19(32-22)15-30-18-8-6-5-7-9-18/h5-14H,15-16H2,1-4H3,(H,26,27). The summed E-state index contributed by atoms with van der Waals surface area (Å²) >= 11 is 0. The summed E-state index contributed by atoms with van der Waals surface area (Å²) in [5, 5.41) is 2.73. The summed E-state index contributed by atoms with van der Waals surface area (Å²) in [6.07, 6.45) is 0. The molecule has 0 fully saturated rings. The number of hydrogen-bond donors (Lipinski definition) is 1. The molecule has 3 rings (SSSR count). The zero-order valence-electron chi connectivity index (χ0n) is 18.6. The van der Waals surface area contributed by atoms with Crippen molar-refractivity contribution in [2.75, 3.05) is 19.0 Å². The molecule has 1 amide bonds. The molecular formula is C25H27NO6. The summed E-state index contributed by atoms with van der Waals surface area (Å²) < 4.78 is 21.4. The Kier molecular flexibility index (Phi) is 7.20. The highest BCUT2D eigenvalue weighted by Gasteiger charge is 2.19. The summed E-state index contributed by atoms with van der Waals surface area (Å²) in [5.74, 6) is 0.455. The molecule has 0 aliphatic heterocycles. The molecule has 168 valence electrons. The molecule has 7 nitrogen and oxygen atoms in total. The summed E-state index contributed by atoms with van der Waals surface area (Å²) in [5.41, 5.74) is 1.45. The number of ether oxygens (including phenoxy) is 3. The Labute approximate surface area is 187 Å². The van der Waals surface area contributed by atoms with Crippen LogP contribution in [0.25, 0.3) is 0 Å². The van der Waals surface area contributed by atoms with Crippen molar-refractivity contribution in [3.8, 4) is 11.5 Å². The second-order valence-corrected chi connectivity index (χ2v) is 8.16. The van der Waals surface area contributed by atoms with Crippen LogP contribution in [0.2, 0.25) is 0 Å². The van der Waals surface area contributed by atoms with Gasteiger partial charge in [-0.3, -0.25) is 4.79 Å². The first-order chi connectivity index (χ1) is 15.3. The topological polar surface area (TPSA) is 87.0 Å². The first kappa shape index (κ1) is 22.9. The third-order valence-electron chi connectivity index (χ3n) is 4.66. The molecular weight excluding hydrogens is 410 g/mol.